The van der Waals surface area contributed by atoms with E-state index in [2.05, 4.69) is 289 Å². The highest BCUT2D eigenvalue weighted by atomic mass is 32.1. The van der Waals surface area contributed by atoms with E-state index in [1.165, 1.54) is 147 Å². The maximum absolute atomic E-state index is 2.64. The molecule has 3 aliphatic carbocycles. The van der Waals surface area contributed by atoms with Gasteiger partial charge in [0.2, 0.25) is 0 Å². The average Bonchev–Trinajstić information content (AvgIpc) is 2.42. The summed E-state index contributed by atoms with van der Waals surface area (Å²) < 4.78 is 5.18. The molecular formula is C78H46N2S. The van der Waals surface area contributed by atoms with E-state index < -0.39 is 10.8 Å². The van der Waals surface area contributed by atoms with E-state index in [-0.39, 0.29) is 0 Å². The lowest BCUT2D eigenvalue weighted by Crippen LogP contribution is -2.33. The van der Waals surface area contributed by atoms with Crippen LogP contribution in [0.15, 0.2) is 279 Å². The van der Waals surface area contributed by atoms with Crippen LogP contribution in [0.1, 0.15) is 44.5 Å². The first-order valence-electron chi connectivity index (χ1n) is 28.2. The number of benzene rings is 13. The summed E-state index contributed by atoms with van der Waals surface area (Å²) in [6, 6.07) is 106. The van der Waals surface area contributed by atoms with E-state index in [0.717, 1.165) is 17.1 Å². The van der Waals surface area contributed by atoms with Gasteiger partial charge in [-0.1, -0.05) is 237 Å². The second-order valence-corrected chi connectivity index (χ2v) is 23.5. The van der Waals surface area contributed by atoms with Gasteiger partial charge in [-0.15, -0.1) is 11.3 Å². The lowest BCUT2D eigenvalue weighted by molar-refractivity contribution is 0.748. The number of rotatable bonds is 4. The molecule has 0 amide bonds. The maximum Gasteiger partial charge on any atom is 0.0755 e. The summed E-state index contributed by atoms with van der Waals surface area (Å²) in [4.78, 5) is 2.64. The van der Waals surface area contributed by atoms with Gasteiger partial charge in [0.1, 0.15) is 0 Å². The van der Waals surface area contributed by atoms with Crippen molar-refractivity contribution in [3.05, 3.63) is 324 Å². The van der Waals surface area contributed by atoms with Crippen LogP contribution in [0.3, 0.4) is 0 Å². The van der Waals surface area contributed by atoms with Crippen molar-refractivity contribution < 1.29 is 0 Å². The van der Waals surface area contributed by atoms with Gasteiger partial charge in [-0.3, -0.25) is 0 Å². The van der Waals surface area contributed by atoms with Crippen LogP contribution < -0.4 is 4.90 Å². The van der Waals surface area contributed by atoms with Gasteiger partial charge < -0.3 is 9.47 Å². The number of aromatic nitrogens is 1. The van der Waals surface area contributed by atoms with Gasteiger partial charge in [-0.05, 0) is 131 Å². The number of nitrogens with zero attached hydrogens (tertiary/aromatic N) is 2. The minimum absolute atomic E-state index is 0.547. The maximum atomic E-state index is 2.64. The number of para-hydroxylation sites is 3. The SMILES string of the molecule is c1ccc2c(c1)-c1ccccc1C21c2ccccc2-c2c1cc(N(c1ccc(-c3cccc4c3sc3ccccc34)cc1)c1cccc3c1-c1ccccc1C31c3ccccc3-n3c4ccccc4c4cccc1c43)c1ccccc21. The molecule has 2 spiro atoms. The van der Waals surface area contributed by atoms with E-state index in [9.17, 15) is 0 Å². The Labute approximate surface area is 472 Å². The Balaban J connectivity index is 0.930. The molecule has 13 aromatic carbocycles. The summed E-state index contributed by atoms with van der Waals surface area (Å²) in [7, 11) is 0. The Hall–Kier alpha value is -10.1. The second-order valence-electron chi connectivity index (χ2n) is 22.5. The van der Waals surface area contributed by atoms with Crippen molar-refractivity contribution >= 4 is 81.1 Å². The largest absolute Gasteiger partial charge is 0.309 e. The standard InChI is InChI=1S/C78H46N2S/c1-2-25-55-52(22-1)71(46-67-73(55)58-26-5-11-33-62(58)77(67)60-31-9-3-20-50(60)51-21-4-10-32-61(51)77)79(48-44-42-47(43-45-48)49-28-17-30-57-54-24-8-16-41-72(54)81-76(49)57)70-40-19-36-65-74(70)59-27-6-12-34-63(59)78(65)64-35-13-15-39-69(64)80-68-38-14-7-23-53(68)56-29-18-37-66(78)75(56)80/h1-46H. The Morgan fingerprint density at radius 1 is 0.309 bits per heavy atom. The fraction of sp³-hybridized carbons (Fsp3) is 0.0256. The molecule has 0 saturated heterocycles. The zero-order valence-electron chi connectivity index (χ0n) is 43.9. The minimum Gasteiger partial charge on any atom is -0.309 e. The van der Waals surface area contributed by atoms with Crippen molar-refractivity contribution in [2.75, 3.05) is 4.90 Å². The number of thiophene rings is 1. The van der Waals surface area contributed by atoms with Crippen LogP contribution in [0.4, 0.5) is 17.1 Å². The third kappa shape index (κ3) is 5.34. The normalized spacial score (nSPS) is 15.3. The Bertz CT molecular complexity index is 5220. The predicted octanol–water partition coefficient (Wildman–Crippen LogP) is 20.5. The lowest BCUT2D eigenvalue weighted by Gasteiger charge is -2.39. The third-order valence-electron chi connectivity index (χ3n) is 19.0. The molecule has 374 valence electrons. The van der Waals surface area contributed by atoms with Gasteiger partial charge in [0.15, 0.2) is 0 Å². The zero-order chi connectivity index (χ0) is 52.7. The summed E-state index contributed by atoms with van der Waals surface area (Å²) in [5, 5.41) is 7.63. The molecular weight excluding hydrogens is 997 g/mol. The van der Waals surface area contributed by atoms with Gasteiger partial charge >= 0.3 is 0 Å². The molecule has 4 aliphatic rings. The highest BCUT2D eigenvalue weighted by Gasteiger charge is 2.54. The highest BCUT2D eigenvalue weighted by molar-refractivity contribution is 7.26. The zero-order valence-corrected chi connectivity index (χ0v) is 44.7. The average molecular weight is 1040 g/mol. The summed E-state index contributed by atoms with van der Waals surface area (Å²) in [6.45, 7) is 0. The molecule has 81 heavy (non-hydrogen) atoms. The van der Waals surface area contributed by atoms with Crippen LogP contribution in [0.2, 0.25) is 0 Å². The molecule has 19 rings (SSSR count). The highest BCUT2D eigenvalue weighted by Crippen LogP contribution is 2.67. The van der Waals surface area contributed by atoms with E-state index >= 15 is 0 Å². The van der Waals surface area contributed by atoms with Gasteiger partial charge in [-0.25, -0.2) is 0 Å². The Morgan fingerprint density at radius 2 is 0.815 bits per heavy atom. The number of hydrogen-bond donors (Lipinski definition) is 0. The molecule has 2 aromatic heterocycles. The minimum atomic E-state index is -0.621. The van der Waals surface area contributed by atoms with E-state index in [1.54, 1.807) is 0 Å². The lowest BCUT2D eigenvalue weighted by atomic mass is 9.65. The van der Waals surface area contributed by atoms with Gasteiger partial charge in [0.05, 0.1) is 38.9 Å². The molecule has 1 aliphatic heterocycles. The molecule has 2 nitrogen and oxygen atoms in total. The number of hydrogen-bond acceptors (Lipinski definition) is 2. The molecule has 3 heteroatoms. The molecule has 0 N–H and O–H groups in total. The number of anilines is 3. The van der Waals surface area contributed by atoms with E-state index in [0.29, 0.717) is 0 Å². The monoisotopic (exact) mass is 1040 g/mol. The molecule has 1 unspecified atom stereocenters. The Morgan fingerprint density at radius 3 is 1.57 bits per heavy atom. The quantitative estimate of drug-likeness (QED) is 0.171. The van der Waals surface area contributed by atoms with Crippen LogP contribution in [-0.4, -0.2) is 4.57 Å². The van der Waals surface area contributed by atoms with Crippen molar-refractivity contribution in [2.45, 2.75) is 10.8 Å². The van der Waals surface area contributed by atoms with Crippen molar-refractivity contribution in [1.29, 1.82) is 0 Å². The molecule has 3 heterocycles. The molecule has 0 bridgehead atoms. The van der Waals surface area contributed by atoms with Crippen LogP contribution in [-0.2, 0) is 10.8 Å². The topological polar surface area (TPSA) is 8.17 Å². The summed E-state index contributed by atoms with van der Waals surface area (Å²) in [6.07, 6.45) is 0. The number of fused-ring (bicyclic) bond motifs is 27. The third-order valence-corrected chi connectivity index (χ3v) is 20.2. The van der Waals surface area contributed by atoms with Gasteiger partial charge in [0, 0.05) is 47.6 Å². The smallest absolute Gasteiger partial charge is 0.0755 e. The van der Waals surface area contributed by atoms with Gasteiger partial charge in [-0.2, -0.15) is 0 Å². The first-order valence-corrected chi connectivity index (χ1v) is 29.1. The fourth-order valence-corrected chi connectivity index (χ4v) is 17.3. The van der Waals surface area contributed by atoms with E-state index in [1.807, 2.05) is 11.3 Å². The first-order chi connectivity index (χ1) is 40.2. The Kier molecular flexibility index (Phi) is 8.57. The van der Waals surface area contributed by atoms with Crippen LogP contribution in [0.5, 0.6) is 0 Å². The van der Waals surface area contributed by atoms with E-state index in [4.69, 9.17) is 0 Å². The summed E-state index contributed by atoms with van der Waals surface area (Å²) >= 11 is 1.89. The summed E-state index contributed by atoms with van der Waals surface area (Å²) in [5.41, 5.74) is 26.7. The molecule has 15 aromatic rings. The van der Waals surface area contributed by atoms with Crippen molar-refractivity contribution in [2.24, 2.45) is 0 Å². The molecule has 0 saturated carbocycles. The molecule has 1 atom stereocenters. The predicted molar refractivity (Wildman–Crippen MR) is 338 cm³/mol. The van der Waals surface area contributed by atoms with Crippen LogP contribution in [0, 0.1) is 0 Å². The first kappa shape index (κ1) is 43.9. The second kappa shape index (κ2) is 15.8. The molecule has 0 fully saturated rings. The summed E-state index contributed by atoms with van der Waals surface area (Å²) in [5.74, 6) is 0. The van der Waals surface area contributed by atoms with Crippen LogP contribution in [0.25, 0.3) is 103 Å². The molecule has 0 radical (unpaired) electrons. The van der Waals surface area contributed by atoms with Crippen molar-refractivity contribution in [1.82, 2.24) is 4.57 Å². The van der Waals surface area contributed by atoms with Crippen molar-refractivity contribution in [3.8, 4) is 50.2 Å². The van der Waals surface area contributed by atoms with Crippen LogP contribution >= 0.6 is 11.3 Å². The van der Waals surface area contributed by atoms with Crippen molar-refractivity contribution in [3.63, 3.8) is 0 Å². The van der Waals surface area contributed by atoms with Gasteiger partial charge in [0.25, 0.3) is 0 Å². The fourth-order valence-electron chi connectivity index (χ4n) is 16.1.